The van der Waals surface area contributed by atoms with Crippen LogP contribution in [-0.2, 0) is 14.8 Å². The predicted octanol–water partition coefficient (Wildman–Crippen LogP) is 1.36. The molecule has 0 bridgehead atoms. The number of amides is 2. The van der Waals surface area contributed by atoms with E-state index in [1.165, 1.54) is 29.2 Å². The van der Waals surface area contributed by atoms with Gasteiger partial charge in [0.25, 0.3) is 5.91 Å². The molecule has 0 aliphatic heterocycles. The van der Waals surface area contributed by atoms with Crippen molar-refractivity contribution in [2.24, 2.45) is 0 Å². The number of carbonyl (C=O) groups is 2. The summed E-state index contributed by atoms with van der Waals surface area (Å²) in [4.78, 5) is 26.1. The zero-order chi connectivity index (χ0) is 19.3. The highest BCUT2D eigenvalue weighted by atomic mass is 32.2. The largest absolute Gasteiger partial charge is 0.350 e. The molecule has 0 aliphatic carbocycles. The second-order valence-electron chi connectivity index (χ2n) is 6.64. The number of nitrogens with one attached hydrogen (secondary N) is 2. The van der Waals surface area contributed by atoms with Crippen LogP contribution in [0.25, 0.3) is 0 Å². The summed E-state index contributed by atoms with van der Waals surface area (Å²) in [5.41, 5.74) is -0.0391. The molecule has 0 unspecified atom stereocenters. The normalized spacial score (nSPS) is 11.9. The summed E-state index contributed by atoms with van der Waals surface area (Å²) in [5, 5.41) is 2.81. The first-order valence-corrected chi connectivity index (χ1v) is 9.68. The molecule has 1 rings (SSSR count). The van der Waals surface area contributed by atoms with Crippen molar-refractivity contribution < 1.29 is 18.0 Å². The van der Waals surface area contributed by atoms with E-state index in [0.29, 0.717) is 12.1 Å². The molecule has 1 aromatic rings. The van der Waals surface area contributed by atoms with E-state index in [9.17, 15) is 18.0 Å². The number of benzene rings is 1. The Morgan fingerprint density at radius 1 is 1.08 bits per heavy atom. The van der Waals surface area contributed by atoms with E-state index in [4.69, 9.17) is 0 Å². The predicted molar refractivity (Wildman–Crippen MR) is 96.8 cm³/mol. The van der Waals surface area contributed by atoms with Crippen molar-refractivity contribution in [2.75, 3.05) is 19.6 Å². The van der Waals surface area contributed by atoms with Gasteiger partial charge in [-0.15, -0.1) is 0 Å². The lowest BCUT2D eigenvalue weighted by atomic mass is 10.1. The van der Waals surface area contributed by atoms with Gasteiger partial charge in [-0.05, 0) is 52.0 Å². The van der Waals surface area contributed by atoms with Gasteiger partial charge in [-0.25, -0.2) is 13.1 Å². The molecular weight excluding hydrogens is 342 g/mol. The SMILES string of the molecule is CCNS(=O)(=O)c1ccc(C(=O)N(CC)CC(=O)NC(C)(C)C)cc1. The van der Waals surface area contributed by atoms with Crippen molar-refractivity contribution >= 4 is 21.8 Å². The number of hydrogen-bond donors (Lipinski definition) is 2. The summed E-state index contributed by atoms with van der Waals surface area (Å²) in [5.74, 6) is -0.562. The summed E-state index contributed by atoms with van der Waals surface area (Å²) in [6, 6.07) is 5.68. The monoisotopic (exact) mass is 369 g/mol. The lowest BCUT2D eigenvalue weighted by molar-refractivity contribution is -0.123. The van der Waals surface area contributed by atoms with Gasteiger partial charge in [-0.3, -0.25) is 9.59 Å². The smallest absolute Gasteiger partial charge is 0.254 e. The maximum absolute atomic E-state index is 12.5. The second-order valence-corrected chi connectivity index (χ2v) is 8.41. The Morgan fingerprint density at radius 2 is 1.64 bits per heavy atom. The molecule has 0 saturated heterocycles. The minimum atomic E-state index is -3.56. The molecule has 8 heteroatoms. The van der Waals surface area contributed by atoms with Crippen LogP contribution in [0, 0.1) is 0 Å². The Bertz CT molecular complexity index is 706. The van der Waals surface area contributed by atoms with E-state index in [-0.39, 0.29) is 35.3 Å². The Hall–Kier alpha value is -1.93. The van der Waals surface area contributed by atoms with Crippen LogP contribution in [0.2, 0.25) is 0 Å². The summed E-state index contributed by atoms with van der Waals surface area (Å²) >= 11 is 0. The first-order chi connectivity index (χ1) is 11.5. The van der Waals surface area contributed by atoms with Crippen LogP contribution in [0.15, 0.2) is 29.2 Å². The second kappa shape index (κ2) is 8.44. The third-order valence-electron chi connectivity index (χ3n) is 3.26. The van der Waals surface area contributed by atoms with Gasteiger partial charge in [0.05, 0.1) is 11.4 Å². The first-order valence-electron chi connectivity index (χ1n) is 8.20. The van der Waals surface area contributed by atoms with E-state index in [1.54, 1.807) is 13.8 Å². The van der Waals surface area contributed by atoms with E-state index in [0.717, 1.165) is 0 Å². The van der Waals surface area contributed by atoms with Crippen LogP contribution < -0.4 is 10.0 Å². The summed E-state index contributed by atoms with van der Waals surface area (Å²) < 4.78 is 26.2. The first kappa shape index (κ1) is 21.1. The molecule has 0 radical (unpaired) electrons. The highest BCUT2D eigenvalue weighted by Gasteiger charge is 2.21. The van der Waals surface area contributed by atoms with Crippen LogP contribution in [0.4, 0.5) is 0 Å². The lowest BCUT2D eigenvalue weighted by Crippen LogP contribution is -2.47. The highest BCUT2D eigenvalue weighted by Crippen LogP contribution is 2.12. The fourth-order valence-electron chi connectivity index (χ4n) is 2.19. The average molecular weight is 369 g/mol. The highest BCUT2D eigenvalue weighted by molar-refractivity contribution is 7.89. The molecule has 0 spiro atoms. The maximum atomic E-state index is 12.5. The molecular formula is C17H27N3O4S. The number of likely N-dealkylation sites (N-methyl/N-ethyl adjacent to an activating group) is 1. The van der Waals surface area contributed by atoms with E-state index in [2.05, 4.69) is 10.0 Å². The van der Waals surface area contributed by atoms with Crippen LogP contribution >= 0.6 is 0 Å². The number of nitrogens with zero attached hydrogens (tertiary/aromatic N) is 1. The van der Waals surface area contributed by atoms with Gasteiger partial charge in [0.15, 0.2) is 0 Å². The third kappa shape index (κ3) is 6.47. The minimum Gasteiger partial charge on any atom is -0.350 e. The van der Waals surface area contributed by atoms with Gasteiger partial charge in [0.1, 0.15) is 0 Å². The van der Waals surface area contributed by atoms with Crippen molar-refractivity contribution in [3.63, 3.8) is 0 Å². The van der Waals surface area contributed by atoms with Gasteiger partial charge < -0.3 is 10.2 Å². The molecule has 2 N–H and O–H groups in total. The molecule has 7 nitrogen and oxygen atoms in total. The van der Waals surface area contributed by atoms with Crippen molar-refractivity contribution in [3.8, 4) is 0 Å². The maximum Gasteiger partial charge on any atom is 0.254 e. The number of sulfonamides is 1. The van der Waals surface area contributed by atoms with E-state index in [1.807, 2.05) is 20.8 Å². The summed E-state index contributed by atoms with van der Waals surface area (Å²) in [6.07, 6.45) is 0. The lowest BCUT2D eigenvalue weighted by Gasteiger charge is -2.25. The van der Waals surface area contributed by atoms with Crippen LogP contribution in [0.3, 0.4) is 0 Å². The van der Waals surface area contributed by atoms with Crippen molar-refractivity contribution in [1.82, 2.24) is 14.9 Å². The number of rotatable bonds is 7. The molecule has 1 aromatic carbocycles. The Morgan fingerprint density at radius 3 is 2.08 bits per heavy atom. The molecule has 2 amide bonds. The van der Waals surface area contributed by atoms with Gasteiger partial charge >= 0.3 is 0 Å². The van der Waals surface area contributed by atoms with Gasteiger partial charge in [-0.1, -0.05) is 6.92 Å². The van der Waals surface area contributed by atoms with Crippen molar-refractivity contribution in [1.29, 1.82) is 0 Å². The van der Waals surface area contributed by atoms with Crippen LogP contribution in [0.1, 0.15) is 45.0 Å². The Kier molecular flexibility index (Phi) is 7.13. The van der Waals surface area contributed by atoms with Crippen LogP contribution in [0.5, 0.6) is 0 Å². The number of hydrogen-bond acceptors (Lipinski definition) is 4. The van der Waals surface area contributed by atoms with E-state index < -0.39 is 10.0 Å². The Labute approximate surface area is 149 Å². The molecule has 25 heavy (non-hydrogen) atoms. The zero-order valence-electron chi connectivity index (χ0n) is 15.4. The van der Waals surface area contributed by atoms with Crippen LogP contribution in [-0.4, -0.2) is 50.3 Å². The Balaban J connectivity index is 2.88. The summed E-state index contributed by atoms with van der Waals surface area (Å²) in [7, 11) is -3.56. The van der Waals surface area contributed by atoms with Crippen molar-refractivity contribution in [3.05, 3.63) is 29.8 Å². The average Bonchev–Trinajstić information content (AvgIpc) is 2.50. The van der Waals surface area contributed by atoms with Gasteiger partial charge in [0, 0.05) is 24.2 Å². The molecule has 0 heterocycles. The van der Waals surface area contributed by atoms with Gasteiger partial charge in [-0.2, -0.15) is 0 Å². The quantitative estimate of drug-likeness (QED) is 0.759. The van der Waals surface area contributed by atoms with E-state index >= 15 is 0 Å². The molecule has 0 aliphatic rings. The third-order valence-corrected chi connectivity index (χ3v) is 4.83. The minimum absolute atomic E-state index is 0.0515. The van der Waals surface area contributed by atoms with Gasteiger partial charge in [0.2, 0.25) is 15.9 Å². The fraction of sp³-hybridized carbons (Fsp3) is 0.529. The molecule has 140 valence electrons. The molecule has 0 saturated carbocycles. The number of carbonyl (C=O) groups excluding carboxylic acids is 2. The molecule has 0 atom stereocenters. The zero-order valence-corrected chi connectivity index (χ0v) is 16.2. The van der Waals surface area contributed by atoms with Crippen molar-refractivity contribution in [2.45, 2.75) is 45.1 Å². The summed E-state index contributed by atoms with van der Waals surface area (Å²) in [6.45, 7) is 9.68. The standard InChI is InChI=1S/C17H27N3O4S/c1-6-18-25(23,24)14-10-8-13(9-11-14)16(22)20(7-2)12-15(21)19-17(3,4)5/h8-11,18H,6-7,12H2,1-5H3,(H,19,21). The molecule has 0 aromatic heterocycles. The topological polar surface area (TPSA) is 95.6 Å². The fourth-order valence-corrected chi connectivity index (χ4v) is 3.23. The molecule has 0 fully saturated rings.